The molecule has 0 unspecified atom stereocenters. The number of hydrogen-bond acceptors (Lipinski definition) is 4. The van der Waals surface area contributed by atoms with E-state index in [4.69, 9.17) is 0 Å². The molecule has 1 aromatic rings. The normalized spacial score (nSPS) is 20.4. The second kappa shape index (κ2) is 10.0. The van der Waals surface area contributed by atoms with E-state index < -0.39 is 0 Å². The molecule has 6 nitrogen and oxygen atoms in total. The molecule has 1 saturated carbocycles. The Morgan fingerprint density at radius 2 is 1.88 bits per heavy atom. The van der Waals surface area contributed by atoms with Gasteiger partial charge in [-0.25, -0.2) is 0 Å². The van der Waals surface area contributed by atoms with E-state index in [1.165, 1.54) is 36.5 Å². The molecule has 0 atom stereocenters. The maximum atomic E-state index is 12.9. The average molecular weight is 437 g/mol. The molecule has 172 valence electrons. The first-order valence-corrected chi connectivity index (χ1v) is 11.9. The Kier molecular flexibility index (Phi) is 7.11. The summed E-state index contributed by atoms with van der Waals surface area (Å²) in [6.07, 6.45) is 8.24. The van der Waals surface area contributed by atoms with Crippen molar-refractivity contribution in [1.82, 2.24) is 19.6 Å². The number of carbonyl (C=O) groups is 2. The summed E-state index contributed by atoms with van der Waals surface area (Å²) in [6, 6.07) is 7.19. The van der Waals surface area contributed by atoms with Gasteiger partial charge in [0.05, 0.1) is 6.54 Å². The fraction of sp³-hybridized carbons (Fsp3) is 0.538. The van der Waals surface area contributed by atoms with Gasteiger partial charge in [0.25, 0.3) is 0 Å². The number of allylic oxidation sites excluding steroid dienone is 1. The number of hydrogen-bond donors (Lipinski definition) is 0. The quantitative estimate of drug-likeness (QED) is 0.644. The zero-order valence-corrected chi connectivity index (χ0v) is 19.6. The van der Waals surface area contributed by atoms with Gasteiger partial charge >= 0.3 is 0 Å². The maximum Gasteiger partial charge on any atom is 0.250 e. The lowest BCUT2D eigenvalue weighted by atomic mass is 9.91. The van der Waals surface area contributed by atoms with Crippen LogP contribution in [0.25, 0.3) is 5.70 Å². The van der Waals surface area contributed by atoms with Gasteiger partial charge in [-0.2, -0.15) is 0 Å². The SMILES string of the molecule is C=CC(=O)N(C)/C(=C\C)c1ccc2c(c1)CCN(CC(=O)N1CCN(C3CCC3)CC1)C2. The highest BCUT2D eigenvalue weighted by atomic mass is 16.2. The van der Waals surface area contributed by atoms with E-state index in [1.807, 2.05) is 13.0 Å². The number of benzene rings is 1. The van der Waals surface area contributed by atoms with Gasteiger partial charge in [0.15, 0.2) is 0 Å². The number of amides is 2. The van der Waals surface area contributed by atoms with Gasteiger partial charge in [-0.3, -0.25) is 19.4 Å². The van der Waals surface area contributed by atoms with Gasteiger partial charge in [0, 0.05) is 58.1 Å². The van der Waals surface area contributed by atoms with Crippen LogP contribution in [0.15, 0.2) is 36.9 Å². The van der Waals surface area contributed by atoms with Crippen LogP contribution in [0.3, 0.4) is 0 Å². The van der Waals surface area contributed by atoms with Crippen molar-refractivity contribution in [3.05, 3.63) is 53.6 Å². The van der Waals surface area contributed by atoms with E-state index in [0.29, 0.717) is 6.54 Å². The van der Waals surface area contributed by atoms with Crippen molar-refractivity contribution in [2.24, 2.45) is 0 Å². The summed E-state index contributed by atoms with van der Waals surface area (Å²) in [4.78, 5) is 33.5. The lowest BCUT2D eigenvalue weighted by Gasteiger charge is -2.43. The van der Waals surface area contributed by atoms with Crippen molar-refractivity contribution < 1.29 is 9.59 Å². The molecule has 2 amide bonds. The molecule has 0 spiro atoms. The third-order valence-electron chi connectivity index (χ3n) is 7.35. The molecule has 1 aliphatic carbocycles. The van der Waals surface area contributed by atoms with E-state index in [1.54, 1.807) is 11.9 Å². The van der Waals surface area contributed by atoms with Gasteiger partial charge in [-0.1, -0.05) is 31.2 Å². The van der Waals surface area contributed by atoms with Gasteiger partial charge in [-0.05, 0) is 55.0 Å². The first kappa shape index (κ1) is 22.7. The Balaban J connectivity index is 1.33. The molecule has 2 aliphatic heterocycles. The van der Waals surface area contributed by atoms with Crippen LogP contribution in [0.5, 0.6) is 0 Å². The number of carbonyl (C=O) groups excluding carboxylic acids is 2. The molecule has 4 rings (SSSR count). The summed E-state index contributed by atoms with van der Waals surface area (Å²) >= 11 is 0. The molecule has 0 bridgehead atoms. The molecule has 0 aromatic heterocycles. The molecule has 0 N–H and O–H groups in total. The van der Waals surface area contributed by atoms with Crippen molar-refractivity contribution in [2.75, 3.05) is 46.3 Å². The molecule has 3 aliphatic rings. The standard InChI is InChI=1S/C26H36N4O2/c1-4-24(27(3)25(31)5-2)21-9-10-22-18-28(12-11-20(22)17-21)19-26(32)30-15-13-29(14-16-30)23-7-6-8-23/h4-5,9-10,17,23H,2,6-8,11-16,18-19H2,1,3H3/b24-4-. The molecule has 1 aromatic carbocycles. The van der Waals surface area contributed by atoms with E-state index in [2.05, 4.69) is 39.5 Å². The zero-order chi connectivity index (χ0) is 22.7. The Morgan fingerprint density at radius 3 is 2.50 bits per heavy atom. The molecule has 1 saturated heterocycles. The van der Waals surface area contributed by atoms with Crippen molar-refractivity contribution in [3.8, 4) is 0 Å². The van der Waals surface area contributed by atoms with Crippen LogP contribution in [-0.4, -0.2) is 83.8 Å². The average Bonchev–Trinajstić information content (AvgIpc) is 2.78. The predicted molar refractivity (Wildman–Crippen MR) is 128 cm³/mol. The van der Waals surface area contributed by atoms with Crippen LogP contribution in [-0.2, 0) is 22.6 Å². The van der Waals surface area contributed by atoms with Crippen LogP contribution >= 0.6 is 0 Å². The second-order valence-electron chi connectivity index (χ2n) is 9.22. The highest BCUT2D eigenvalue weighted by molar-refractivity contribution is 5.94. The van der Waals surface area contributed by atoms with Crippen LogP contribution in [0.4, 0.5) is 0 Å². The molecule has 2 fully saturated rings. The molecule has 32 heavy (non-hydrogen) atoms. The Labute approximate surface area is 192 Å². The second-order valence-corrected chi connectivity index (χ2v) is 9.22. The summed E-state index contributed by atoms with van der Waals surface area (Å²) in [5, 5.41) is 0. The van der Waals surface area contributed by atoms with Crippen LogP contribution in [0.1, 0.15) is 42.9 Å². The summed E-state index contributed by atoms with van der Waals surface area (Å²) in [5.41, 5.74) is 4.50. The zero-order valence-electron chi connectivity index (χ0n) is 19.6. The molecule has 0 radical (unpaired) electrons. The highest BCUT2D eigenvalue weighted by Crippen LogP contribution is 2.27. The number of likely N-dealkylation sites (N-methyl/N-ethyl adjacent to an activating group) is 1. The van der Waals surface area contributed by atoms with Crippen LogP contribution < -0.4 is 0 Å². The Hall–Kier alpha value is -2.44. The van der Waals surface area contributed by atoms with E-state index in [0.717, 1.165) is 63.0 Å². The predicted octanol–water partition coefficient (Wildman–Crippen LogP) is 2.75. The Morgan fingerprint density at radius 1 is 1.12 bits per heavy atom. The smallest absolute Gasteiger partial charge is 0.250 e. The maximum absolute atomic E-state index is 12.9. The Bertz CT molecular complexity index is 897. The van der Waals surface area contributed by atoms with Crippen LogP contribution in [0, 0.1) is 0 Å². The van der Waals surface area contributed by atoms with Crippen molar-refractivity contribution in [1.29, 1.82) is 0 Å². The van der Waals surface area contributed by atoms with Crippen molar-refractivity contribution in [3.63, 3.8) is 0 Å². The third-order valence-corrected chi connectivity index (χ3v) is 7.35. The lowest BCUT2D eigenvalue weighted by molar-refractivity contribution is -0.135. The van der Waals surface area contributed by atoms with Crippen molar-refractivity contribution in [2.45, 2.75) is 45.2 Å². The monoisotopic (exact) mass is 436 g/mol. The van der Waals surface area contributed by atoms with Gasteiger partial charge < -0.3 is 9.80 Å². The molecular weight excluding hydrogens is 400 g/mol. The minimum Gasteiger partial charge on any atom is -0.339 e. The van der Waals surface area contributed by atoms with Gasteiger partial charge in [0.2, 0.25) is 11.8 Å². The fourth-order valence-corrected chi connectivity index (χ4v) is 5.09. The molecule has 6 heteroatoms. The summed E-state index contributed by atoms with van der Waals surface area (Å²) in [5.74, 6) is 0.146. The first-order chi connectivity index (χ1) is 15.5. The third kappa shape index (κ3) is 4.81. The summed E-state index contributed by atoms with van der Waals surface area (Å²) in [7, 11) is 1.78. The summed E-state index contributed by atoms with van der Waals surface area (Å²) < 4.78 is 0. The number of rotatable bonds is 6. The van der Waals surface area contributed by atoms with Gasteiger partial charge in [0.1, 0.15) is 0 Å². The largest absolute Gasteiger partial charge is 0.339 e. The lowest BCUT2D eigenvalue weighted by Crippen LogP contribution is -2.55. The highest BCUT2D eigenvalue weighted by Gasteiger charge is 2.30. The number of piperazine rings is 1. The number of nitrogens with zero attached hydrogens (tertiary/aromatic N) is 4. The van der Waals surface area contributed by atoms with Gasteiger partial charge in [-0.15, -0.1) is 0 Å². The molecule has 2 heterocycles. The molecular formula is C26H36N4O2. The van der Waals surface area contributed by atoms with Crippen LogP contribution in [0.2, 0.25) is 0 Å². The fourth-order valence-electron chi connectivity index (χ4n) is 5.09. The van der Waals surface area contributed by atoms with E-state index >= 15 is 0 Å². The van der Waals surface area contributed by atoms with Crippen molar-refractivity contribution >= 4 is 17.5 Å². The first-order valence-electron chi connectivity index (χ1n) is 11.9. The minimum absolute atomic E-state index is 0.117. The number of fused-ring (bicyclic) bond motifs is 1. The minimum atomic E-state index is -0.117. The topological polar surface area (TPSA) is 47.1 Å². The van der Waals surface area contributed by atoms with E-state index in [-0.39, 0.29) is 11.8 Å². The van der Waals surface area contributed by atoms with E-state index in [9.17, 15) is 9.59 Å². The summed E-state index contributed by atoms with van der Waals surface area (Å²) in [6.45, 7) is 11.5.